The number of hydrogen-bond donors (Lipinski definition) is 1. The van der Waals surface area contributed by atoms with Gasteiger partial charge in [-0.15, -0.1) is 0 Å². The molecule has 3 nitrogen and oxygen atoms in total. The normalized spacial score (nSPS) is 20.6. The van der Waals surface area contributed by atoms with Gasteiger partial charge in [0.05, 0.1) is 12.7 Å². The average molecular weight is 275 g/mol. The zero-order valence-corrected chi connectivity index (χ0v) is 11.3. The summed E-state index contributed by atoms with van der Waals surface area (Å²) in [4.78, 5) is 2.25. The van der Waals surface area contributed by atoms with Crippen LogP contribution in [0.1, 0.15) is 0 Å². The quantitative estimate of drug-likeness (QED) is 0.916. The van der Waals surface area contributed by atoms with E-state index < -0.39 is 0 Å². The molecule has 0 amide bonds. The fraction of sp³-hybridized carbons (Fsp3) is 0.500. The van der Waals surface area contributed by atoms with Crippen LogP contribution in [0.5, 0.6) is 0 Å². The van der Waals surface area contributed by atoms with Crippen LogP contribution in [0.2, 0.25) is 10.0 Å². The third-order valence-corrected chi connectivity index (χ3v) is 3.22. The van der Waals surface area contributed by atoms with Crippen molar-refractivity contribution in [2.24, 2.45) is 0 Å². The van der Waals surface area contributed by atoms with Gasteiger partial charge in [-0.2, -0.15) is 0 Å². The van der Waals surface area contributed by atoms with Crippen LogP contribution in [0, 0.1) is 0 Å². The highest BCUT2D eigenvalue weighted by atomic mass is 35.5. The Hall–Kier alpha value is -0.480. The first-order valence-electron chi connectivity index (χ1n) is 5.66. The fourth-order valence-corrected chi connectivity index (χ4v) is 2.54. The lowest BCUT2D eigenvalue weighted by Gasteiger charge is -2.34. The lowest BCUT2D eigenvalue weighted by Crippen LogP contribution is -2.46. The van der Waals surface area contributed by atoms with Crippen molar-refractivity contribution >= 4 is 28.9 Å². The third kappa shape index (κ3) is 3.49. The number of rotatable bonds is 3. The zero-order chi connectivity index (χ0) is 12.3. The maximum atomic E-state index is 6.01. The summed E-state index contributed by atoms with van der Waals surface area (Å²) >= 11 is 12.0. The Morgan fingerprint density at radius 3 is 2.71 bits per heavy atom. The molecule has 0 bridgehead atoms. The van der Waals surface area contributed by atoms with E-state index in [1.54, 1.807) is 6.07 Å². The van der Waals surface area contributed by atoms with E-state index in [2.05, 4.69) is 10.2 Å². The maximum Gasteiger partial charge on any atom is 0.0874 e. The van der Waals surface area contributed by atoms with Gasteiger partial charge in [0.25, 0.3) is 0 Å². The first-order chi connectivity index (χ1) is 8.19. The molecule has 94 valence electrons. The topological polar surface area (TPSA) is 24.5 Å². The average Bonchev–Trinajstić information content (AvgIpc) is 2.28. The number of likely N-dealkylation sites (N-methyl/N-ethyl adjacent to an activating group) is 1. The summed E-state index contributed by atoms with van der Waals surface area (Å²) in [5.74, 6) is 0. The molecule has 17 heavy (non-hydrogen) atoms. The third-order valence-electron chi connectivity index (χ3n) is 2.78. The Balaban J connectivity index is 2.10. The second-order valence-electron chi connectivity index (χ2n) is 4.12. The van der Waals surface area contributed by atoms with Gasteiger partial charge in [0.2, 0.25) is 0 Å². The van der Waals surface area contributed by atoms with Crippen LogP contribution in [0.4, 0.5) is 5.69 Å². The summed E-state index contributed by atoms with van der Waals surface area (Å²) in [5.41, 5.74) is 1.06. The molecule has 5 heteroatoms. The lowest BCUT2D eigenvalue weighted by molar-refractivity contribution is 0.0422. The van der Waals surface area contributed by atoms with E-state index in [-0.39, 0.29) is 6.10 Å². The van der Waals surface area contributed by atoms with Crippen LogP contribution in [0.3, 0.4) is 0 Å². The van der Waals surface area contributed by atoms with Crippen molar-refractivity contribution in [1.82, 2.24) is 5.32 Å². The first-order valence-corrected chi connectivity index (χ1v) is 6.42. The van der Waals surface area contributed by atoms with Crippen molar-refractivity contribution in [3.63, 3.8) is 0 Å². The van der Waals surface area contributed by atoms with E-state index in [0.29, 0.717) is 10.0 Å². The summed E-state index contributed by atoms with van der Waals surface area (Å²) in [6.45, 7) is 3.32. The predicted molar refractivity (Wildman–Crippen MR) is 72.3 cm³/mol. The summed E-state index contributed by atoms with van der Waals surface area (Å²) in [6, 6.07) is 5.63. The smallest absolute Gasteiger partial charge is 0.0874 e. The molecule has 1 unspecified atom stereocenters. The van der Waals surface area contributed by atoms with Crippen molar-refractivity contribution in [2.45, 2.75) is 6.10 Å². The Kier molecular flexibility index (Phi) is 4.51. The van der Waals surface area contributed by atoms with Crippen LogP contribution in [-0.2, 0) is 4.74 Å². The Morgan fingerprint density at radius 2 is 2.06 bits per heavy atom. The molecule has 0 spiro atoms. The van der Waals surface area contributed by atoms with Gasteiger partial charge in [0.1, 0.15) is 0 Å². The molecule has 1 aromatic rings. The number of anilines is 1. The molecule has 2 rings (SSSR count). The van der Waals surface area contributed by atoms with E-state index in [1.807, 2.05) is 19.2 Å². The molecule has 1 atom stereocenters. The van der Waals surface area contributed by atoms with Crippen molar-refractivity contribution in [2.75, 3.05) is 38.2 Å². The lowest BCUT2D eigenvalue weighted by atomic mass is 10.2. The number of nitrogens with one attached hydrogen (secondary N) is 1. The molecule has 1 aliphatic heterocycles. The highest BCUT2D eigenvalue weighted by Gasteiger charge is 2.20. The van der Waals surface area contributed by atoms with Crippen LogP contribution >= 0.6 is 23.2 Å². The molecule has 0 aliphatic carbocycles. The number of morpholine rings is 1. The van der Waals surface area contributed by atoms with Crippen LogP contribution in [0.25, 0.3) is 0 Å². The first kappa shape index (κ1) is 13.0. The van der Waals surface area contributed by atoms with E-state index >= 15 is 0 Å². The van der Waals surface area contributed by atoms with Crippen LogP contribution in [-0.4, -0.2) is 39.4 Å². The Bertz CT molecular complexity index is 365. The van der Waals surface area contributed by atoms with E-state index in [1.165, 1.54) is 0 Å². The number of ether oxygens (including phenoxy) is 1. The molecule has 0 radical (unpaired) electrons. The molecule has 1 aromatic carbocycles. The van der Waals surface area contributed by atoms with Crippen molar-refractivity contribution in [3.05, 3.63) is 28.2 Å². The number of hydrogen-bond acceptors (Lipinski definition) is 3. The van der Waals surface area contributed by atoms with Gasteiger partial charge in [-0.3, -0.25) is 0 Å². The summed E-state index contributed by atoms with van der Waals surface area (Å²) < 4.78 is 5.66. The molecule has 0 saturated carbocycles. The molecular weight excluding hydrogens is 259 g/mol. The Labute approximate surface area is 112 Å². The van der Waals surface area contributed by atoms with Crippen LogP contribution in [0.15, 0.2) is 18.2 Å². The molecule has 1 heterocycles. The minimum atomic E-state index is 0.214. The van der Waals surface area contributed by atoms with Crippen molar-refractivity contribution in [1.29, 1.82) is 0 Å². The summed E-state index contributed by atoms with van der Waals surface area (Å²) in [7, 11) is 1.93. The minimum absolute atomic E-state index is 0.214. The maximum absolute atomic E-state index is 6.01. The van der Waals surface area contributed by atoms with E-state index in [9.17, 15) is 0 Å². The van der Waals surface area contributed by atoms with Gasteiger partial charge in [-0.1, -0.05) is 23.2 Å². The second-order valence-corrected chi connectivity index (χ2v) is 5.00. The zero-order valence-electron chi connectivity index (χ0n) is 9.75. The van der Waals surface area contributed by atoms with E-state index in [0.717, 1.165) is 31.9 Å². The summed E-state index contributed by atoms with van der Waals surface area (Å²) in [6.07, 6.45) is 0.214. The van der Waals surface area contributed by atoms with Crippen LogP contribution < -0.4 is 10.2 Å². The highest BCUT2D eigenvalue weighted by Crippen LogP contribution is 2.26. The fourth-order valence-electron chi connectivity index (χ4n) is 2.03. The highest BCUT2D eigenvalue weighted by molar-refractivity contribution is 6.35. The SMILES string of the molecule is CNCC1CN(c2cc(Cl)cc(Cl)c2)CCO1. The van der Waals surface area contributed by atoms with Gasteiger partial charge in [0.15, 0.2) is 0 Å². The molecule has 1 fully saturated rings. The molecule has 1 N–H and O–H groups in total. The predicted octanol–water partition coefficient (Wildman–Crippen LogP) is 2.42. The number of nitrogens with zero attached hydrogens (tertiary/aromatic N) is 1. The van der Waals surface area contributed by atoms with Gasteiger partial charge >= 0.3 is 0 Å². The molecular formula is C12H16Cl2N2O. The largest absolute Gasteiger partial charge is 0.373 e. The number of benzene rings is 1. The number of halogens is 2. The monoisotopic (exact) mass is 274 g/mol. The van der Waals surface area contributed by atoms with Crippen molar-refractivity contribution < 1.29 is 4.74 Å². The molecule has 1 aliphatic rings. The Morgan fingerprint density at radius 1 is 1.35 bits per heavy atom. The molecule has 1 saturated heterocycles. The second kappa shape index (κ2) is 5.91. The standard InChI is InChI=1S/C12H16Cl2N2O/c1-15-7-12-8-16(2-3-17-12)11-5-9(13)4-10(14)6-11/h4-6,12,15H,2-3,7-8H2,1H3. The van der Waals surface area contributed by atoms with Gasteiger partial charge in [-0.25, -0.2) is 0 Å². The van der Waals surface area contributed by atoms with Gasteiger partial charge < -0.3 is 15.0 Å². The minimum Gasteiger partial charge on any atom is -0.373 e. The van der Waals surface area contributed by atoms with Gasteiger partial charge in [0, 0.05) is 35.4 Å². The molecule has 0 aromatic heterocycles. The van der Waals surface area contributed by atoms with Crippen molar-refractivity contribution in [3.8, 4) is 0 Å². The summed E-state index contributed by atoms with van der Waals surface area (Å²) in [5, 5.41) is 4.47. The van der Waals surface area contributed by atoms with Gasteiger partial charge in [-0.05, 0) is 25.2 Å². The van der Waals surface area contributed by atoms with E-state index in [4.69, 9.17) is 27.9 Å².